The predicted molar refractivity (Wildman–Crippen MR) is 57.6 cm³/mol. The molecule has 0 aromatic carbocycles. The normalized spacial score (nSPS) is 12.1. The highest BCUT2D eigenvalue weighted by Crippen LogP contribution is 2.04. The summed E-state index contributed by atoms with van der Waals surface area (Å²) in [5.41, 5.74) is 5.22. The lowest BCUT2D eigenvalue weighted by Gasteiger charge is -2.02. The third-order valence-electron chi connectivity index (χ3n) is 1.64. The molecule has 0 aliphatic carbocycles. The quantitative estimate of drug-likeness (QED) is 0.686. The van der Waals surface area contributed by atoms with Crippen molar-refractivity contribution in [2.45, 2.75) is 4.90 Å². The minimum Gasteiger partial charge on any atom is -0.327 e. The minimum atomic E-state index is -3.45. The fourth-order valence-electron chi connectivity index (χ4n) is 0.927. The van der Waals surface area contributed by atoms with E-state index in [4.69, 9.17) is 5.73 Å². The van der Waals surface area contributed by atoms with E-state index in [0.29, 0.717) is 6.54 Å². The van der Waals surface area contributed by atoms with Gasteiger partial charge in [0.05, 0.1) is 0 Å². The fourth-order valence-corrected chi connectivity index (χ4v) is 1.87. The van der Waals surface area contributed by atoms with Gasteiger partial charge in [0.15, 0.2) is 0 Å². The second-order valence-corrected chi connectivity index (χ2v) is 4.51. The Kier molecular flexibility index (Phi) is 4.41. The summed E-state index contributed by atoms with van der Waals surface area (Å²) in [7, 11) is -3.45. The van der Waals surface area contributed by atoms with E-state index >= 15 is 0 Å². The van der Waals surface area contributed by atoms with Crippen LogP contribution in [0.4, 0.5) is 0 Å². The molecule has 1 aromatic rings. The molecule has 0 fully saturated rings. The smallest absolute Gasteiger partial charge is 0.242 e. The molecule has 1 heterocycles. The van der Waals surface area contributed by atoms with E-state index in [0.717, 1.165) is 0 Å². The molecule has 3 N–H and O–H groups in total. The zero-order chi connectivity index (χ0) is 11.1. The molecule has 0 saturated heterocycles. The summed E-state index contributed by atoms with van der Waals surface area (Å²) >= 11 is 0. The van der Waals surface area contributed by atoms with Crippen LogP contribution in [-0.2, 0) is 10.0 Å². The van der Waals surface area contributed by atoms with Crippen LogP contribution < -0.4 is 10.5 Å². The molecule has 0 unspecified atom stereocenters. The second kappa shape index (κ2) is 5.59. The predicted octanol–water partition coefficient (Wildman–Crippen LogP) is -0.125. The molecule has 1 aromatic heterocycles. The van der Waals surface area contributed by atoms with E-state index in [-0.39, 0.29) is 11.4 Å². The third-order valence-corrected chi connectivity index (χ3v) is 3.05. The number of nitrogens with two attached hydrogens (primary N) is 1. The fraction of sp³-hybridized carbons (Fsp3) is 0.222. The Balaban J connectivity index is 2.65. The summed E-state index contributed by atoms with van der Waals surface area (Å²) in [5, 5.41) is 0. The van der Waals surface area contributed by atoms with Crippen molar-refractivity contribution in [3.63, 3.8) is 0 Å². The van der Waals surface area contributed by atoms with E-state index in [2.05, 4.69) is 9.71 Å². The molecule has 15 heavy (non-hydrogen) atoms. The van der Waals surface area contributed by atoms with Gasteiger partial charge in [-0.25, -0.2) is 13.1 Å². The van der Waals surface area contributed by atoms with Gasteiger partial charge in [0, 0.05) is 25.5 Å². The summed E-state index contributed by atoms with van der Waals surface area (Å²) in [5.74, 6) is 0. The lowest BCUT2D eigenvalue weighted by atomic mass is 10.5. The van der Waals surface area contributed by atoms with Crippen molar-refractivity contribution in [3.8, 4) is 0 Å². The standard InChI is InChI=1S/C9H13N3O2S/c10-5-1-2-7-12-15(13,14)9-4-3-6-11-8-9/h1-4,6,8,12H,5,7,10H2/b2-1+. The zero-order valence-corrected chi connectivity index (χ0v) is 8.94. The van der Waals surface area contributed by atoms with Gasteiger partial charge < -0.3 is 5.73 Å². The van der Waals surface area contributed by atoms with Gasteiger partial charge in [0.1, 0.15) is 4.90 Å². The largest absolute Gasteiger partial charge is 0.327 e. The van der Waals surface area contributed by atoms with E-state index in [1.807, 2.05) is 0 Å². The third kappa shape index (κ3) is 3.78. The number of hydrogen-bond acceptors (Lipinski definition) is 4. The van der Waals surface area contributed by atoms with Crippen LogP contribution in [0.15, 0.2) is 41.6 Å². The molecule has 0 saturated carbocycles. The molecule has 6 heteroatoms. The molecule has 0 aliphatic rings. The van der Waals surface area contributed by atoms with E-state index in [9.17, 15) is 8.42 Å². The highest BCUT2D eigenvalue weighted by Gasteiger charge is 2.11. The lowest BCUT2D eigenvalue weighted by molar-refractivity contribution is 0.585. The first-order valence-corrected chi connectivity index (χ1v) is 5.90. The van der Waals surface area contributed by atoms with Crippen LogP contribution >= 0.6 is 0 Å². The molecule has 82 valence electrons. The Hall–Kier alpha value is -1.24. The van der Waals surface area contributed by atoms with Crippen LogP contribution in [-0.4, -0.2) is 26.5 Å². The highest BCUT2D eigenvalue weighted by atomic mass is 32.2. The van der Waals surface area contributed by atoms with Crippen molar-refractivity contribution >= 4 is 10.0 Å². The van der Waals surface area contributed by atoms with E-state index in [1.54, 1.807) is 18.2 Å². The molecular weight excluding hydrogens is 214 g/mol. The highest BCUT2D eigenvalue weighted by molar-refractivity contribution is 7.89. The van der Waals surface area contributed by atoms with Crippen LogP contribution in [0.5, 0.6) is 0 Å². The monoisotopic (exact) mass is 227 g/mol. The summed E-state index contributed by atoms with van der Waals surface area (Å²) < 4.78 is 25.6. The summed E-state index contributed by atoms with van der Waals surface area (Å²) in [6.07, 6.45) is 6.17. The first-order chi connectivity index (χ1) is 7.17. The molecule has 0 bridgehead atoms. The number of pyridine rings is 1. The van der Waals surface area contributed by atoms with Crippen LogP contribution in [0.25, 0.3) is 0 Å². The van der Waals surface area contributed by atoms with Crippen molar-refractivity contribution in [3.05, 3.63) is 36.7 Å². The first kappa shape index (κ1) is 11.8. The summed E-state index contributed by atoms with van der Waals surface area (Å²) in [6.45, 7) is 0.628. The van der Waals surface area contributed by atoms with Gasteiger partial charge in [-0.1, -0.05) is 12.2 Å². The Morgan fingerprint density at radius 2 is 2.27 bits per heavy atom. The summed E-state index contributed by atoms with van der Waals surface area (Å²) in [6, 6.07) is 3.06. The van der Waals surface area contributed by atoms with Crippen molar-refractivity contribution in [2.24, 2.45) is 5.73 Å². The number of nitrogens with zero attached hydrogens (tertiary/aromatic N) is 1. The van der Waals surface area contributed by atoms with Gasteiger partial charge in [0.25, 0.3) is 0 Å². The first-order valence-electron chi connectivity index (χ1n) is 4.41. The molecule has 0 atom stereocenters. The van der Waals surface area contributed by atoms with Crippen LogP contribution in [0.2, 0.25) is 0 Å². The summed E-state index contributed by atoms with van der Waals surface area (Å²) in [4.78, 5) is 3.90. The zero-order valence-electron chi connectivity index (χ0n) is 8.13. The second-order valence-electron chi connectivity index (χ2n) is 2.75. The van der Waals surface area contributed by atoms with Crippen molar-refractivity contribution in [2.75, 3.05) is 13.1 Å². The molecule has 0 aliphatic heterocycles. The Morgan fingerprint density at radius 1 is 1.47 bits per heavy atom. The topological polar surface area (TPSA) is 85.1 Å². The Bertz CT molecular complexity index is 414. The number of aromatic nitrogens is 1. The van der Waals surface area contributed by atoms with E-state index < -0.39 is 10.0 Å². The molecule has 5 nitrogen and oxygen atoms in total. The van der Waals surface area contributed by atoms with Crippen molar-refractivity contribution < 1.29 is 8.42 Å². The SMILES string of the molecule is NC/C=C/CNS(=O)(=O)c1cccnc1. The maximum Gasteiger partial charge on any atom is 0.242 e. The lowest BCUT2D eigenvalue weighted by Crippen LogP contribution is -2.23. The number of rotatable bonds is 5. The average molecular weight is 227 g/mol. The van der Waals surface area contributed by atoms with Crippen molar-refractivity contribution in [1.82, 2.24) is 9.71 Å². The minimum absolute atomic E-state index is 0.158. The van der Waals surface area contributed by atoms with Gasteiger partial charge in [-0.15, -0.1) is 0 Å². The average Bonchev–Trinajstić information content (AvgIpc) is 2.26. The van der Waals surface area contributed by atoms with Gasteiger partial charge >= 0.3 is 0 Å². The molecule has 1 rings (SSSR count). The van der Waals surface area contributed by atoms with Crippen LogP contribution in [0.3, 0.4) is 0 Å². The Morgan fingerprint density at radius 3 is 2.87 bits per heavy atom. The van der Waals surface area contributed by atoms with Crippen LogP contribution in [0, 0.1) is 0 Å². The van der Waals surface area contributed by atoms with Gasteiger partial charge in [-0.2, -0.15) is 0 Å². The number of sulfonamides is 1. The van der Waals surface area contributed by atoms with Crippen molar-refractivity contribution in [1.29, 1.82) is 0 Å². The maximum absolute atomic E-state index is 11.6. The van der Waals surface area contributed by atoms with Gasteiger partial charge in [-0.3, -0.25) is 4.98 Å². The molecule has 0 radical (unpaired) electrons. The molecular formula is C9H13N3O2S. The van der Waals surface area contributed by atoms with E-state index in [1.165, 1.54) is 18.5 Å². The van der Waals surface area contributed by atoms with Gasteiger partial charge in [-0.05, 0) is 12.1 Å². The Labute approximate surface area is 89.1 Å². The maximum atomic E-state index is 11.6. The molecule has 0 spiro atoms. The number of hydrogen-bond donors (Lipinski definition) is 2. The molecule has 0 amide bonds. The van der Waals surface area contributed by atoms with Crippen LogP contribution in [0.1, 0.15) is 0 Å². The van der Waals surface area contributed by atoms with Gasteiger partial charge in [0.2, 0.25) is 10.0 Å². The number of nitrogens with one attached hydrogen (secondary N) is 1.